The number of benzene rings is 1. The number of nitrogens with one attached hydrogen (secondary N) is 2. The molecule has 0 saturated heterocycles. The van der Waals surface area contributed by atoms with Gasteiger partial charge in [-0.1, -0.05) is 39.0 Å². The second-order valence-corrected chi connectivity index (χ2v) is 6.24. The van der Waals surface area contributed by atoms with Crippen molar-refractivity contribution in [1.82, 2.24) is 15.6 Å². The molecule has 1 aromatic carbocycles. The fraction of sp³-hybridized carbons (Fsp3) is 0.412. The van der Waals surface area contributed by atoms with E-state index in [9.17, 15) is 4.39 Å². The molecule has 0 bridgehead atoms. The number of nitrogens with zero attached hydrogens (tertiary/aromatic N) is 2. The molecule has 0 radical (unpaired) electrons. The van der Waals surface area contributed by atoms with Gasteiger partial charge in [0.05, 0.1) is 12.7 Å². The molecular weight excluding hydrogens is 295 g/mol. The zero-order chi connectivity index (χ0) is 16.9. The molecule has 1 aromatic heterocycles. The highest BCUT2D eigenvalue weighted by atomic mass is 19.1. The monoisotopic (exact) mass is 318 g/mol. The quantitative estimate of drug-likeness (QED) is 0.672. The van der Waals surface area contributed by atoms with Crippen LogP contribution < -0.4 is 10.6 Å². The molecule has 23 heavy (non-hydrogen) atoms. The minimum atomic E-state index is -0.238. The van der Waals surface area contributed by atoms with E-state index in [0.29, 0.717) is 30.5 Å². The first-order chi connectivity index (χ1) is 10.9. The molecule has 0 aliphatic carbocycles. The van der Waals surface area contributed by atoms with Gasteiger partial charge in [0.25, 0.3) is 0 Å². The van der Waals surface area contributed by atoms with Crippen LogP contribution in [-0.2, 0) is 18.5 Å². The summed E-state index contributed by atoms with van der Waals surface area (Å²) in [6.45, 7) is 6.97. The van der Waals surface area contributed by atoms with Crippen LogP contribution in [0.2, 0.25) is 0 Å². The Morgan fingerprint density at radius 2 is 1.91 bits per heavy atom. The molecule has 0 spiro atoms. The number of rotatable bonds is 4. The first kappa shape index (κ1) is 17.0. The third-order valence-corrected chi connectivity index (χ3v) is 3.33. The summed E-state index contributed by atoms with van der Waals surface area (Å²) in [5.41, 5.74) is 0.511. The molecule has 0 aliphatic heterocycles. The van der Waals surface area contributed by atoms with Crippen molar-refractivity contribution in [2.45, 2.75) is 39.3 Å². The van der Waals surface area contributed by atoms with E-state index in [4.69, 9.17) is 4.42 Å². The van der Waals surface area contributed by atoms with Crippen LogP contribution in [0.25, 0.3) is 0 Å². The predicted octanol–water partition coefficient (Wildman–Crippen LogP) is 2.98. The third-order valence-electron chi connectivity index (χ3n) is 3.33. The lowest BCUT2D eigenvalue weighted by Gasteiger charge is -2.13. The third kappa shape index (κ3) is 4.81. The van der Waals surface area contributed by atoms with Gasteiger partial charge in [-0.2, -0.15) is 0 Å². The maximum atomic E-state index is 13.6. The van der Waals surface area contributed by atoms with Crippen molar-refractivity contribution in [3.05, 3.63) is 53.5 Å². The number of oxazole rings is 1. The van der Waals surface area contributed by atoms with Crippen LogP contribution in [0.3, 0.4) is 0 Å². The van der Waals surface area contributed by atoms with Crippen LogP contribution in [-0.4, -0.2) is 18.0 Å². The lowest BCUT2D eigenvalue weighted by molar-refractivity contribution is 0.379. The number of halogens is 1. The Hall–Kier alpha value is -2.37. The summed E-state index contributed by atoms with van der Waals surface area (Å²) in [4.78, 5) is 8.36. The molecule has 0 amide bonds. The van der Waals surface area contributed by atoms with Crippen molar-refractivity contribution in [3.63, 3.8) is 0 Å². The Balaban J connectivity index is 1.88. The van der Waals surface area contributed by atoms with Crippen molar-refractivity contribution < 1.29 is 8.81 Å². The minimum Gasteiger partial charge on any atom is -0.443 e. The van der Waals surface area contributed by atoms with Crippen molar-refractivity contribution in [2.75, 3.05) is 7.05 Å². The zero-order valence-electron chi connectivity index (χ0n) is 14.0. The van der Waals surface area contributed by atoms with Gasteiger partial charge in [-0.25, -0.2) is 9.37 Å². The first-order valence-corrected chi connectivity index (χ1v) is 7.53. The van der Waals surface area contributed by atoms with Crippen molar-refractivity contribution in [3.8, 4) is 0 Å². The molecule has 0 fully saturated rings. The maximum Gasteiger partial charge on any atom is 0.213 e. The van der Waals surface area contributed by atoms with Crippen molar-refractivity contribution in [2.24, 2.45) is 4.99 Å². The number of hydrogen-bond donors (Lipinski definition) is 2. The topological polar surface area (TPSA) is 62.5 Å². The minimum absolute atomic E-state index is 0.0734. The molecular formula is C17H23FN4O. The fourth-order valence-corrected chi connectivity index (χ4v) is 1.94. The normalized spacial score (nSPS) is 12.3. The van der Waals surface area contributed by atoms with Gasteiger partial charge in [0.1, 0.15) is 11.6 Å². The Morgan fingerprint density at radius 3 is 2.52 bits per heavy atom. The van der Waals surface area contributed by atoms with Gasteiger partial charge in [0.2, 0.25) is 5.89 Å². The molecule has 124 valence electrons. The largest absolute Gasteiger partial charge is 0.443 e. The summed E-state index contributed by atoms with van der Waals surface area (Å²) in [5.74, 6) is 1.74. The van der Waals surface area contributed by atoms with Crippen LogP contribution >= 0.6 is 0 Å². The van der Waals surface area contributed by atoms with Crippen molar-refractivity contribution in [1.29, 1.82) is 0 Å². The van der Waals surface area contributed by atoms with E-state index in [-0.39, 0.29) is 11.2 Å². The van der Waals surface area contributed by atoms with E-state index in [2.05, 4.69) is 41.4 Å². The van der Waals surface area contributed by atoms with Gasteiger partial charge in [-0.3, -0.25) is 4.99 Å². The van der Waals surface area contributed by atoms with Gasteiger partial charge < -0.3 is 15.1 Å². The van der Waals surface area contributed by atoms with E-state index >= 15 is 0 Å². The Morgan fingerprint density at radius 1 is 1.22 bits per heavy atom. The summed E-state index contributed by atoms with van der Waals surface area (Å²) in [6, 6.07) is 6.64. The molecule has 2 rings (SSSR count). The lowest BCUT2D eigenvalue weighted by atomic mass is 9.94. The zero-order valence-corrected chi connectivity index (χ0v) is 14.0. The predicted molar refractivity (Wildman–Crippen MR) is 88.6 cm³/mol. The molecule has 2 N–H and O–H groups in total. The molecule has 6 heteroatoms. The van der Waals surface area contributed by atoms with E-state index in [0.717, 1.165) is 5.76 Å². The van der Waals surface area contributed by atoms with Gasteiger partial charge in [-0.05, 0) is 6.07 Å². The van der Waals surface area contributed by atoms with E-state index in [1.165, 1.54) is 6.07 Å². The highest BCUT2D eigenvalue weighted by Crippen LogP contribution is 2.22. The standard InChI is InChI=1S/C17H23FN4O/c1-17(2,3)14-10-20-15(23-14)11-22-16(19-4)21-9-12-7-5-6-8-13(12)18/h5-8,10H,9,11H2,1-4H3,(H2,19,21,22). The summed E-state index contributed by atoms with van der Waals surface area (Å²) in [5, 5.41) is 6.16. The molecule has 1 heterocycles. The highest BCUT2D eigenvalue weighted by molar-refractivity contribution is 5.79. The van der Waals surface area contributed by atoms with Crippen LogP contribution in [0.15, 0.2) is 39.9 Å². The summed E-state index contributed by atoms with van der Waals surface area (Å²) < 4.78 is 19.3. The average molecular weight is 318 g/mol. The van der Waals surface area contributed by atoms with Gasteiger partial charge in [0.15, 0.2) is 5.96 Å². The molecule has 0 saturated carbocycles. The molecule has 2 aromatic rings. The van der Waals surface area contributed by atoms with E-state index < -0.39 is 0 Å². The smallest absolute Gasteiger partial charge is 0.213 e. The van der Waals surface area contributed by atoms with E-state index in [1.807, 2.05) is 0 Å². The molecule has 0 unspecified atom stereocenters. The second-order valence-electron chi connectivity index (χ2n) is 6.24. The number of aromatic nitrogens is 1. The SMILES string of the molecule is CN=C(NCc1ncc(C(C)(C)C)o1)NCc1ccccc1F. The van der Waals surface area contributed by atoms with E-state index in [1.54, 1.807) is 31.4 Å². The number of aliphatic imine (C=N–C) groups is 1. The lowest BCUT2D eigenvalue weighted by Crippen LogP contribution is -2.36. The number of hydrogen-bond acceptors (Lipinski definition) is 3. The summed E-state index contributed by atoms with van der Waals surface area (Å²) in [7, 11) is 1.66. The van der Waals surface area contributed by atoms with Crippen molar-refractivity contribution >= 4 is 5.96 Å². The van der Waals surface area contributed by atoms with Crippen LogP contribution in [0.4, 0.5) is 4.39 Å². The Kier molecular flexibility index (Phi) is 5.36. The fourth-order valence-electron chi connectivity index (χ4n) is 1.94. The number of guanidine groups is 1. The van der Waals surface area contributed by atoms with Gasteiger partial charge >= 0.3 is 0 Å². The second kappa shape index (κ2) is 7.26. The van der Waals surface area contributed by atoms with Gasteiger partial charge in [0, 0.05) is 24.6 Å². The summed E-state index contributed by atoms with van der Waals surface area (Å²) in [6.07, 6.45) is 1.74. The molecule has 0 atom stereocenters. The first-order valence-electron chi connectivity index (χ1n) is 7.53. The Bertz CT molecular complexity index is 673. The van der Waals surface area contributed by atoms with Gasteiger partial charge in [-0.15, -0.1) is 0 Å². The average Bonchev–Trinajstić information content (AvgIpc) is 2.98. The summed E-state index contributed by atoms with van der Waals surface area (Å²) >= 11 is 0. The highest BCUT2D eigenvalue weighted by Gasteiger charge is 2.19. The Labute approximate surface area is 136 Å². The molecule has 0 aliphatic rings. The maximum absolute atomic E-state index is 13.6. The van der Waals surface area contributed by atoms with Crippen LogP contribution in [0, 0.1) is 5.82 Å². The molecule has 5 nitrogen and oxygen atoms in total. The van der Waals surface area contributed by atoms with Crippen LogP contribution in [0.1, 0.15) is 38.0 Å². The van der Waals surface area contributed by atoms with Crippen LogP contribution in [0.5, 0.6) is 0 Å².